The van der Waals surface area contributed by atoms with Gasteiger partial charge in [0.15, 0.2) is 9.84 Å². The monoisotopic (exact) mass is 340 g/mol. The smallest absolute Gasteiger partial charge is 0.226 e. The molecule has 2 atom stereocenters. The fourth-order valence-corrected chi connectivity index (χ4v) is 4.28. The van der Waals surface area contributed by atoms with Crippen molar-refractivity contribution in [1.82, 2.24) is 10.2 Å². The second-order valence-corrected chi connectivity index (χ2v) is 7.98. The maximum absolute atomic E-state index is 12.5. The molecular formula is C16H24N2O4S. The molecule has 1 saturated heterocycles. The van der Waals surface area contributed by atoms with Gasteiger partial charge in [-0.25, -0.2) is 8.42 Å². The Morgan fingerprint density at radius 1 is 1.39 bits per heavy atom. The summed E-state index contributed by atoms with van der Waals surface area (Å²) in [6.45, 7) is 5.75. The second-order valence-electron chi connectivity index (χ2n) is 5.94. The predicted octanol–water partition coefficient (Wildman–Crippen LogP) is 0.925. The Morgan fingerprint density at radius 2 is 2.04 bits per heavy atom. The third-order valence-corrected chi connectivity index (χ3v) is 6.02. The maximum atomic E-state index is 12.5. The number of piperazine rings is 1. The number of nitrogens with zero attached hydrogens (tertiary/aromatic N) is 1. The van der Waals surface area contributed by atoms with Crippen LogP contribution in [0, 0.1) is 5.92 Å². The Balaban J connectivity index is 2.07. The van der Waals surface area contributed by atoms with E-state index in [1.54, 1.807) is 24.0 Å². The maximum Gasteiger partial charge on any atom is 0.226 e. The van der Waals surface area contributed by atoms with Gasteiger partial charge in [0.1, 0.15) is 5.75 Å². The molecule has 1 N–H and O–H groups in total. The quantitative estimate of drug-likeness (QED) is 0.863. The van der Waals surface area contributed by atoms with E-state index in [-0.39, 0.29) is 22.6 Å². The Labute approximate surface area is 137 Å². The second kappa shape index (κ2) is 7.31. The molecule has 1 aliphatic rings. The highest BCUT2D eigenvalue weighted by atomic mass is 32.2. The average molecular weight is 340 g/mol. The van der Waals surface area contributed by atoms with Gasteiger partial charge >= 0.3 is 0 Å². The number of ether oxygens (including phenoxy) is 1. The number of amides is 1. The van der Waals surface area contributed by atoms with E-state index >= 15 is 0 Å². The van der Waals surface area contributed by atoms with Crippen LogP contribution in [0.5, 0.6) is 5.75 Å². The molecule has 1 aromatic carbocycles. The normalized spacial score (nSPS) is 20.1. The van der Waals surface area contributed by atoms with Gasteiger partial charge in [-0.1, -0.05) is 6.92 Å². The third kappa shape index (κ3) is 4.23. The highest BCUT2D eigenvalue weighted by Crippen LogP contribution is 2.20. The molecule has 7 heteroatoms. The minimum absolute atomic E-state index is 0.0855. The van der Waals surface area contributed by atoms with Crippen LogP contribution >= 0.6 is 0 Å². The summed E-state index contributed by atoms with van der Waals surface area (Å²) in [7, 11) is -1.98. The van der Waals surface area contributed by atoms with Crippen LogP contribution in [-0.2, 0) is 14.6 Å². The van der Waals surface area contributed by atoms with E-state index in [0.717, 1.165) is 13.1 Å². The molecule has 6 nitrogen and oxygen atoms in total. The van der Waals surface area contributed by atoms with Gasteiger partial charge in [0.05, 0.1) is 17.8 Å². The largest absolute Gasteiger partial charge is 0.497 e. The SMILES string of the molecule is COc1ccc(S(=O)(=O)C[C@H](C)C(=O)N2CCNC[C@H]2C)cc1. The molecule has 0 bridgehead atoms. The van der Waals surface area contributed by atoms with Gasteiger partial charge in [-0.3, -0.25) is 4.79 Å². The lowest BCUT2D eigenvalue weighted by molar-refractivity contribution is -0.137. The molecule has 0 unspecified atom stereocenters. The average Bonchev–Trinajstić information content (AvgIpc) is 2.54. The number of hydrogen-bond donors (Lipinski definition) is 1. The summed E-state index contributed by atoms with van der Waals surface area (Å²) in [4.78, 5) is 14.5. The van der Waals surface area contributed by atoms with Crippen molar-refractivity contribution in [3.8, 4) is 5.75 Å². The zero-order valence-electron chi connectivity index (χ0n) is 13.8. The zero-order valence-corrected chi connectivity index (χ0v) is 14.6. The topological polar surface area (TPSA) is 75.7 Å². The van der Waals surface area contributed by atoms with Gasteiger partial charge in [0.25, 0.3) is 0 Å². The lowest BCUT2D eigenvalue weighted by atomic mass is 10.1. The van der Waals surface area contributed by atoms with Crippen LogP contribution in [0.2, 0.25) is 0 Å². The van der Waals surface area contributed by atoms with Crippen molar-refractivity contribution in [3.63, 3.8) is 0 Å². The van der Waals surface area contributed by atoms with Gasteiger partial charge in [0.2, 0.25) is 5.91 Å². The standard InChI is InChI=1S/C16H24N2O4S/c1-12(16(19)18-9-8-17-10-13(18)2)11-23(20,21)15-6-4-14(22-3)5-7-15/h4-7,12-13,17H,8-11H2,1-3H3/t12-,13+/m0/s1. The van der Waals surface area contributed by atoms with E-state index in [0.29, 0.717) is 12.3 Å². The van der Waals surface area contributed by atoms with E-state index < -0.39 is 15.8 Å². The first kappa shape index (κ1) is 17.7. The van der Waals surface area contributed by atoms with Crippen molar-refractivity contribution in [1.29, 1.82) is 0 Å². The molecule has 0 radical (unpaired) electrons. The number of sulfone groups is 1. The van der Waals surface area contributed by atoms with Crippen LogP contribution in [0.15, 0.2) is 29.2 Å². The first-order valence-corrected chi connectivity index (χ1v) is 9.38. The summed E-state index contributed by atoms with van der Waals surface area (Å²) in [6.07, 6.45) is 0. The molecule has 0 aromatic heterocycles. The fourth-order valence-electron chi connectivity index (χ4n) is 2.73. The van der Waals surface area contributed by atoms with Crippen molar-refractivity contribution >= 4 is 15.7 Å². The summed E-state index contributed by atoms with van der Waals surface area (Å²) >= 11 is 0. The lowest BCUT2D eigenvalue weighted by Gasteiger charge is -2.35. The summed E-state index contributed by atoms with van der Waals surface area (Å²) < 4.78 is 30.0. The van der Waals surface area contributed by atoms with Crippen LogP contribution < -0.4 is 10.1 Å². The Morgan fingerprint density at radius 3 is 2.61 bits per heavy atom. The first-order valence-electron chi connectivity index (χ1n) is 7.73. The number of methoxy groups -OCH3 is 1. The lowest BCUT2D eigenvalue weighted by Crippen LogP contribution is -2.54. The van der Waals surface area contributed by atoms with Crippen molar-refractivity contribution in [3.05, 3.63) is 24.3 Å². The minimum Gasteiger partial charge on any atom is -0.497 e. The number of nitrogens with one attached hydrogen (secondary N) is 1. The minimum atomic E-state index is -3.50. The molecule has 1 aromatic rings. The van der Waals surface area contributed by atoms with E-state index in [1.807, 2.05) is 6.92 Å². The zero-order chi connectivity index (χ0) is 17.0. The van der Waals surface area contributed by atoms with Gasteiger partial charge in [-0.05, 0) is 31.2 Å². The van der Waals surface area contributed by atoms with Crippen LogP contribution in [0.4, 0.5) is 0 Å². The fraction of sp³-hybridized carbons (Fsp3) is 0.562. The van der Waals surface area contributed by atoms with Crippen molar-refractivity contribution < 1.29 is 17.9 Å². The Bertz CT molecular complexity index is 643. The van der Waals surface area contributed by atoms with Crippen molar-refractivity contribution in [2.45, 2.75) is 24.8 Å². The Hall–Kier alpha value is -1.60. The van der Waals surface area contributed by atoms with Gasteiger partial charge in [0, 0.05) is 31.6 Å². The van der Waals surface area contributed by atoms with Crippen LogP contribution in [0.25, 0.3) is 0 Å². The van der Waals surface area contributed by atoms with Crippen LogP contribution in [-0.4, -0.2) is 57.8 Å². The molecular weight excluding hydrogens is 316 g/mol. The summed E-state index contributed by atoms with van der Waals surface area (Å²) in [5.41, 5.74) is 0. The number of benzene rings is 1. The van der Waals surface area contributed by atoms with Gasteiger partial charge in [-0.15, -0.1) is 0 Å². The number of carbonyl (C=O) groups is 1. The number of hydrogen-bond acceptors (Lipinski definition) is 5. The first-order chi connectivity index (χ1) is 10.8. The number of carbonyl (C=O) groups excluding carboxylic acids is 1. The molecule has 1 amide bonds. The van der Waals surface area contributed by atoms with Crippen LogP contribution in [0.3, 0.4) is 0 Å². The molecule has 1 fully saturated rings. The predicted molar refractivity (Wildman–Crippen MR) is 88.3 cm³/mol. The summed E-state index contributed by atoms with van der Waals surface area (Å²) in [6, 6.07) is 6.33. The van der Waals surface area contributed by atoms with E-state index in [1.165, 1.54) is 19.2 Å². The molecule has 0 saturated carbocycles. The van der Waals surface area contributed by atoms with E-state index in [4.69, 9.17) is 4.74 Å². The molecule has 1 aliphatic heterocycles. The number of rotatable bonds is 5. The molecule has 128 valence electrons. The molecule has 0 aliphatic carbocycles. The molecule has 1 heterocycles. The Kier molecular flexibility index (Phi) is 5.64. The molecule has 23 heavy (non-hydrogen) atoms. The van der Waals surface area contributed by atoms with Gasteiger partial charge in [-0.2, -0.15) is 0 Å². The summed E-state index contributed by atoms with van der Waals surface area (Å²) in [5, 5.41) is 3.22. The molecule has 0 spiro atoms. The van der Waals surface area contributed by atoms with E-state index in [2.05, 4.69) is 5.32 Å². The van der Waals surface area contributed by atoms with Crippen LogP contribution in [0.1, 0.15) is 13.8 Å². The third-order valence-electron chi connectivity index (χ3n) is 4.09. The van der Waals surface area contributed by atoms with Crippen molar-refractivity contribution in [2.75, 3.05) is 32.5 Å². The van der Waals surface area contributed by atoms with E-state index in [9.17, 15) is 13.2 Å². The highest BCUT2D eigenvalue weighted by molar-refractivity contribution is 7.91. The van der Waals surface area contributed by atoms with Gasteiger partial charge < -0.3 is 15.0 Å². The van der Waals surface area contributed by atoms with Crippen molar-refractivity contribution in [2.24, 2.45) is 5.92 Å². The summed E-state index contributed by atoms with van der Waals surface area (Å²) in [5.74, 6) is -0.254. The molecule has 2 rings (SSSR count). The highest BCUT2D eigenvalue weighted by Gasteiger charge is 2.30.